The lowest BCUT2D eigenvalue weighted by Crippen LogP contribution is -2.11. The van der Waals surface area contributed by atoms with Gasteiger partial charge in [0.05, 0.1) is 5.69 Å². The lowest BCUT2D eigenvalue weighted by atomic mass is 10.1. The molecular formula is C23H15FN6O. The zero-order valence-corrected chi connectivity index (χ0v) is 16.1. The fourth-order valence-corrected chi connectivity index (χ4v) is 3.15. The van der Waals surface area contributed by atoms with Gasteiger partial charge in [0.25, 0.3) is 5.91 Å². The normalized spacial score (nSPS) is 10.9. The monoisotopic (exact) mass is 410 g/mol. The highest BCUT2D eigenvalue weighted by Gasteiger charge is 2.12. The fourth-order valence-electron chi connectivity index (χ4n) is 3.15. The Bertz CT molecular complexity index is 1380. The van der Waals surface area contributed by atoms with Crippen molar-refractivity contribution < 1.29 is 9.18 Å². The molecule has 8 heteroatoms. The molecule has 31 heavy (non-hydrogen) atoms. The smallest absolute Gasteiger partial charge is 0.255 e. The number of hydrogen-bond acceptors (Lipinski definition) is 5. The van der Waals surface area contributed by atoms with Crippen molar-refractivity contribution in [3.63, 3.8) is 0 Å². The van der Waals surface area contributed by atoms with Gasteiger partial charge in [-0.3, -0.25) is 9.78 Å². The summed E-state index contributed by atoms with van der Waals surface area (Å²) < 4.78 is 15.0. The number of nitrogens with one attached hydrogen (secondary N) is 1. The molecule has 0 spiro atoms. The summed E-state index contributed by atoms with van der Waals surface area (Å²) in [6.45, 7) is 0. The van der Waals surface area contributed by atoms with Crippen molar-refractivity contribution in [3.8, 4) is 22.8 Å². The molecule has 0 bridgehead atoms. The van der Waals surface area contributed by atoms with Crippen LogP contribution in [0.15, 0.2) is 85.1 Å². The van der Waals surface area contributed by atoms with E-state index in [1.807, 2.05) is 42.5 Å². The van der Waals surface area contributed by atoms with Gasteiger partial charge in [0.1, 0.15) is 11.5 Å². The Balaban J connectivity index is 1.41. The second-order valence-corrected chi connectivity index (χ2v) is 6.77. The first-order chi connectivity index (χ1) is 15.2. The van der Waals surface area contributed by atoms with Gasteiger partial charge in [-0.25, -0.2) is 4.39 Å². The van der Waals surface area contributed by atoms with E-state index < -0.39 is 5.82 Å². The summed E-state index contributed by atoms with van der Waals surface area (Å²) in [6, 6.07) is 22.0. The topological polar surface area (TPSA) is 85.1 Å². The van der Waals surface area contributed by atoms with Gasteiger partial charge in [-0.15, -0.1) is 10.2 Å². The molecule has 0 fully saturated rings. The predicted molar refractivity (Wildman–Crippen MR) is 114 cm³/mol. The molecule has 0 saturated heterocycles. The minimum atomic E-state index is -0.455. The maximum Gasteiger partial charge on any atom is 0.255 e. The average molecular weight is 410 g/mol. The molecule has 1 amide bonds. The molecule has 150 valence electrons. The average Bonchev–Trinajstić information content (AvgIpc) is 3.23. The molecule has 2 aromatic carbocycles. The standard InChI is InChI=1S/C23H15FN6O/c24-17-5-3-4-16(14-17)23(31)26-18-9-7-15(8-10-18)19-11-12-21-27-28-22(30(21)29-19)20-6-1-2-13-25-20/h1-14H,(H,26,31). The van der Waals surface area contributed by atoms with Crippen LogP contribution < -0.4 is 5.32 Å². The maximum atomic E-state index is 13.3. The number of benzene rings is 2. The molecule has 0 saturated carbocycles. The van der Waals surface area contributed by atoms with Gasteiger partial charge in [-0.05, 0) is 54.6 Å². The minimum Gasteiger partial charge on any atom is -0.322 e. The zero-order chi connectivity index (χ0) is 21.2. The number of amides is 1. The number of carbonyl (C=O) groups excluding carboxylic acids is 1. The van der Waals surface area contributed by atoms with Crippen molar-refractivity contribution in [2.75, 3.05) is 5.32 Å². The predicted octanol–water partition coefficient (Wildman–Crippen LogP) is 4.24. The van der Waals surface area contributed by atoms with Crippen molar-refractivity contribution >= 4 is 17.2 Å². The van der Waals surface area contributed by atoms with Crippen LogP contribution in [0.25, 0.3) is 28.4 Å². The van der Waals surface area contributed by atoms with Crippen LogP contribution in [0.4, 0.5) is 10.1 Å². The summed E-state index contributed by atoms with van der Waals surface area (Å²) in [7, 11) is 0. The Kier molecular flexibility index (Phi) is 4.64. The highest BCUT2D eigenvalue weighted by atomic mass is 19.1. The summed E-state index contributed by atoms with van der Waals surface area (Å²) in [5.74, 6) is -0.281. The quantitative estimate of drug-likeness (QED) is 0.479. The number of pyridine rings is 1. The number of carbonyl (C=O) groups is 1. The summed E-state index contributed by atoms with van der Waals surface area (Å²) in [4.78, 5) is 16.6. The molecule has 0 unspecified atom stereocenters. The van der Waals surface area contributed by atoms with Gasteiger partial charge < -0.3 is 5.32 Å². The van der Waals surface area contributed by atoms with E-state index >= 15 is 0 Å². The number of rotatable bonds is 4. The Morgan fingerprint density at radius 1 is 0.871 bits per heavy atom. The molecule has 0 radical (unpaired) electrons. The van der Waals surface area contributed by atoms with Gasteiger partial charge in [0, 0.05) is 23.0 Å². The highest BCUT2D eigenvalue weighted by Crippen LogP contribution is 2.22. The van der Waals surface area contributed by atoms with Crippen LogP contribution in [0, 0.1) is 5.82 Å². The molecular weight excluding hydrogens is 395 g/mol. The molecule has 3 heterocycles. The van der Waals surface area contributed by atoms with E-state index in [2.05, 4.69) is 25.6 Å². The van der Waals surface area contributed by atoms with Crippen LogP contribution in [0.1, 0.15) is 10.4 Å². The highest BCUT2D eigenvalue weighted by molar-refractivity contribution is 6.04. The van der Waals surface area contributed by atoms with Crippen molar-refractivity contribution in [1.29, 1.82) is 0 Å². The van der Waals surface area contributed by atoms with Gasteiger partial charge in [0.2, 0.25) is 5.82 Å². The number of fused-ring (bicyclic) bond motifs is 1. The molecule has 7 nitrogen and oxygen atoms in total. The van der Waals surface area contributed by atoms with Crippen LogP contribution in [0.5, 0.6) is 0 Å². The lowest BCUT2D eigenvalue weighted by Gasteiger charge is -2.07. The fraction of sp³-hybridized carbons (Fsp3) is 0. The molecule has 0 atom stereocenters. The number of halogens is 1. The van der Waals surface area contributed by atoms with E-state index in [1.165, 1.54) is 18.2 Å². The first-order valence-electron chi connectivity index (χ1n) is 9.49. The maximum absolute atomic E-state index is 13.3. The Labute approximate surface area is 176 Å². The second kappa shape index (κ2) is 7.75. The lowest BCUT2D eigenvalue weighted by molar-refractivity contribution is 0.102. The Hall–Kier alpha value is -4.46. The molecule has 5 aromatic rings. The molecule has 0 aliphatic heterocycles. The number of hydrogen-bond donors (Lipinski definition) is 1. The van der Waals surface area contributed by atoms with Crippen LogP contribution in [-0.2, 0) is 0 Å². The van der Waals surface area contributed by atoms with E-state index in [4.69, 9.17) is 0 Å². The van der Waals surface area contributed by atoms with E-state index in [-0.39, 0.29) is 11.5 Å². The van der Waals surface area contributed by atoms with Crippen molar-refractivity contribution in [1.82, 2.24) is 24.8 Å². The SMILES string of the molecule is O=C(Nc1ccc(-c2ccc3nnc(-c4ccccn4)n3n2)cc1)c1cccc(F)c1. The van der Waals surface area contributed by atoms with Crippen molar-refractivity contribution in [3.05, 3.63) is 96.4 Å². The van der Waals surface area contributed by atoms with E-state index in [9.17, 15) is 9.18 Å². The van der Waals surface area contributed by atoms with Crippen LogP contribution in [0.2, 0.25) is 0 Å². The third kappa shape index (κ3) is 3.74. The van der Waals surface area contributed by atoms with Gasteiger partial charge in [-0.1, -0.05) is 24.3 Å². The second-order valence-electron chi connectivity index (χ2n) is 6.77. The van der Waals surface area contributed by atoms with Crippen molar-refractivity contribution in [2.24, 2.45) is 0 Å². The van der Waals surface area contributed by atoms with E-state index in [0.29, 0.717) is 28.5 Å². The summed E-state index contributed by atoms with van der Waals surface area (Å²) in [5, 5.41) is 15.8. The van der Waals surface area contributed by atoms with Crippen LogP contribution in [-0.4, -0.2) is 30.7 Å². The molecule has 3 aromatic heterocycles. The summed E-state index contributed by atoms with van der Waals surface area (Å²) in [6.07, 6.45) is 1.69. The molecule has 1 N–H and O–H groups in total. The first kappa shape index (κ1) is 18.6. The summed E-state index contributed by atoms with van der Waals surface area (Å²) >= 11 is 0. The number of anilines is 1. The van der Waals surface area contributed by atoms with Crippen LogP contribution in [0.3, 0.4) is 0 Å². The van der Waals surface area contributed by atoms with Gasteiger partial charge in [-0.2, -0.15) is 9.61 Å². The van der Waals surface area contributed by atoms with Crippen molar-refractivity contribution in [2.45, 2.75) is 0 Å². The summed E-state index contributed by atoms with van der Waals surface area (Å²) in [5.41, 5.74) is 3.71. The minimum absolute atomic E-state index is 0.255. The largest absolute Gasteiger partial charge is 0.322 e. The number of nitrogens with zero attached hydrogens (tertiary/aromatic N) is 5. The molecule has 0 aliphatic carbocycles. The third-order valence-corrected chi connectivity index (χ3v) is 4.68. The van der Waals surface area contributed by atoms with E-state index in [1.54, 1.807) is 28.9 Å². The Morgan fingerprint density at radius 3 is 2.52 bits per heavy atom. The zero-order valence-electron chi connectivity index (χ0n) is 16.1. The van der Waals surface area contributed by atoms with Gasteiger partial charge >= 0.3 is 0 Å². The van der Waals surface area contributed by atoms with Crippen LogP contribution >= 0.6 is 0 Å². The molecule has 0 aliphatic rings. The molecule has 5 rings (SSSR count). The Morgan fingerprint density at radius 2 is 1.74 bits per heavy atom. The van der Waals surface area contributed by atoms with Gasteiger partial charge in [0.15, 0.2) is 5.65 Å². The number of aromatic nitrogens is 5. The van der Waals surface area contributed by atoms with E-state index in [0.717, 1.165) is 5.56 Å². The first-order valence-corrected chi connectivity index (χ1v) is 9.49. The third-order valence-electron chi connectivity index (χ3n) is 4.68.